The van der Waals surface area contributed by atoms with Gasteiger partial charge in [-0.3, -0.25) is 9.63 Å². The molecule has 192 valence electrons. The zero-order chi connectivity index (χ0) is 25.0. The Hall–Kier alpha value is -1.64. The van der Waals surface area contributed by atoms with Crippen LogP contribution in [0.5, 0.6) is 0 Å². The molecular formula is C27H35F2NO5. The van der Waals surface area contributed by atoms with Crippen molar-refractivity contribution in [1.82, 2.24) is 5.06 Å². The molecule has 0 aromatic heterocycles. The summed E-state index contributed by atoms with van der Waals surface area (Å²) in [4.78, 5) is 31.3. The molecule has 0 spiro atoms. The lowest BCUT2D eigenvalue weighted by Gasteiger charge is -2.63. The monoisotopic (exact) mass is 491 g/mol. The van der Waals surface area contributed by atoms with E-state index in [0.717, 1.165) is 12.8 Å². The number of carboxylic acid groups (broad SMARTS) is 1. The molecule has 4 saturated carbocycles. The lowest BCUT2D eigenvalue weighted by molar-refractivity contribution is -0.275. The Morgan fingerprint density at radius 3 is 2.63 bits per heavy atom. The Bertz CT molecular complexity index is 1030. The number of aliphatic carboxylic acids is 1. The van der Waals surface area contributed by atoms with Gasteiger partial charge in [0, 0.05) is 35.8 Å². The minimum Gasteiger partial charge on any atom is -0.479 e. The maximum Gasteiger partial charge on any atom is 0.339 e. The first-order chi connectivity index (χ1) is 16.5. The van der Waals surface area contributed by atoms with E-state index in [9.17, 15) is 19.8 Å². The summed E-state index contributed by atoms with van der Waals surface area (Å²) >= 11 is 0. The Labute approximate surface area is 204 Å². The molecule has 6 nitrogen and oxygen atoms in total. The fourth-order valence-electron chi connectivity index (χ4n) is 9.27. The Morgan fingerprint density at radius 2 is 1.94 bits per heavy atom. The molecule has 0 radical (unpaired) electrons. The number of fused-ring (bicyclic) bond motifs is 7. The summed E-state index contributed by atoms with van der Waals surface area (Å²) in [6.45, 7) is 4.50. The lowest BCUT2D eigenvalue weighted by atomic mass is 9.44. The molecule has 0 aromatic rings. The minimum absolute atomic E-state index is 0.0801. The van der Waals surface area contributed by atoms with E-state index in [1.807, 2.05) is 0 Å². The predicted molar refractivity (Wildman–Crippen MR) is 122 cm³/mol. The van der Waals surface area contributed by atoms with Crippen LogP contribution in [0.4, 0.5) is 8.78 Å². The summed E-state index contributed by atoms with van der Waals surface area (Å²) in [6, 6.07) is 0. The van der Waals surface area contributed by atoms with Crippen LogP contribution in [0.25, 0.3) is 0 Å². The molecule has 0 aromatic carbocycles. The third-order valence-electron chi connectivity index (χ3n) is 10.9. The van der Waals surface area contributed by atoms with Crippen molar-refractivity contribution < 1.29 is 33.4 Å². The van der Waals surface area contributed by atoms with Crippen molar-refractivity contribution in [3.8, 4) is 0 Å². The smallest absolute Gasteiger partial charge is 0.339 e. The second kappa shape index (κ2) is 7.45. The summed E-state index contributed by atoms with van der Waals surface area (Å²) in [5.74, 6) is -2.70. The number of nitrogens with zero attached hydrogens (tertiary/aromatic N) is 1. The molecule has 1 heterocycles. The zero-order valence-electron chi connectivity index (χ0n) is 20.4. The number of carbonyl (C=O) groups excluding carboxylic acids is 1. The van der Waals surface area contributed by atoms with E-state index in [2.05, 4.69) is 0 Å². The number of alkyl halides is 2. The molecule has 0 bridgehead atoms. The van der Waals surface area contributed by atoms with Gasteiger partial charge in [-0.1, -0.05) is 25.8 Å². The van der Waals surface area contributed by atoms with Crippen LogP contribution >= 0.6 is 0 Å². The zero-order valence-corrected chi connectivity index (χ0v) is 20.4. The third kappa shape index (κ3) is 2.79. The molecule has 0 unspecified atom stereocenters. The lowest BCUT2D eigenvalue weighted by Crippen LogP contribution is -2.70. The Kier molecular flexibility index (Phi) is 5.05. The molecule has 1 aliphatic heterocycles. The Balaban J connectivity index is 1.39. The summed E-state index contributed by atoms with van der Waals surface area (Å²) in [5.41, 5.74) is -6.21. The second-order valence-electron chi connectivity index (χ2n) is 12.4. The molecule has 5 aliphatic carbocycles. The normalized spacial score (nSPS) is 51.5. The van der Waals surface area contributed by atoms with E-state index in [-0.39, 0.29) is 30.1 Å². The van der Waals surface area contributed by atoms with E-state index < -0.39 is 52.2 Å². The molecule has 1 saturated heterocycles. The Morgan fingerprint density at radius 1 is 1.23 bits per heavy atom. The number of hydroxylamine groups is 2. The van der Waals surface area contributed by atoms with Crippen LogP contribution in [-0.4, -0.2) is 63.7 Å². The van der Waals surface area contributed by atoms with E-state index in [1.54, 1.807) is 18.9 Å². The number of rotatable bonds is 3. The maximum absolute atomic E-state index is 17.3. The number of hydrogen-bond acceptors (Lipinski definition) is 5. The van der Waals surface area contributed by atoms with Crippen LogP contribution in [0.3, 0.4) is 0 Å². The van der Waals surface area contributed by atoms with E-state index in [0.29, 0.717) is 25.4 Å². The fraction of sp³-hybridized carbons (Fsp3) is 0.778. The van der Waals surface area contributed by atoms with Crippen molar-refractivity contribution in [2.24, 2.45) is 34.5 Å². The van der Waals surface area contributed by atoms with Gasteiger partial charge in [0.1, 0.15) is 6.17 Å². The third-order valence-corrected chi connectivity index (χ3v) is 10.9. The first-order valence-corrected chi connectivity index (χ1v) is 13.1. The first-order valence-electron chi connectivity index (χ1n) is 13.1. The van der Waals surface area contributed by atoms with Gasteiger partial charge >= 0.3 is 5.97 Å². The van der Waals surface area contributed by atoms with Gasteiger partial charge in [-0.2, -0.15) is 5.06 Å². The van der Waals surface area contributed by atoms with Crippen LogP contribution in [0.15, 0.2) is 23.8 Å². The topological polar surface area (TPSA) is 87.1 Å². The average molecular weight is 492 g/mol. The standard InChI is InChI=1S/C27H35F2NO5/c1-24-8-7-17(31)10-20(24)21(28)11-19-18-9-16-14-30(13-15-5-3-4-6-15)35-27(16,23(33)34)25(18,2)12-22(32)26(19,24)29/h7-8,10,15-16,18-19,21-22,32H,3-6,9,11-14H2,1-2H3,(H,33,34)/t16-,18-,19-,21-,22-,24-,25-,26-,27-/m0/s1. The highest BCUT2D eigenvalue weighted by molar-refractivity contribution is 6.01. The van der Waals surface area contributed by atoms with Crippen LogP contribution in [-0.2, 0) is 14.4 Å². The summed E-state index contributed by atoms with van der Waals surface area (Å²) in [5, 5.41) is 23.8. The van der Waals surface area contributed by atoms with Gasteiger partial charge in [0.25, 0.3) is 0 Å². The van der Waals surface area contributed by atoms with Gasteiger partial charge in [0.15, 0.2) is 17.1 Å². The molecule has 9 atom stereocenters. The van der Waals surface area contributed by atoms with Crippen molar-refractivity contribution in [2.45, 2.75) is 82.3 Å². The second-order valence-corrected chi connectivity index (χ2v) is 12.4. The molecule has 5 fully saturated rings. The van der Waals surface area contributed by atoms with Gasteiger partial charge in [0.2, 0.25) is 0 Å². The molecule has 35 heavy (non-hydrogen) atoms. The predicted octanol–water partition coefficient (Wildman–Crippen LogP) is 3.79. The SMILES string of the molecule is C[C@]12C=CC(=O)C=C1[C@@H](F)C[C@H]1[C@@H]3C[C@H]4CN(CC5CCCC5)O[C@@]4(C(=O)O)[C@@]3(C)C[C@H](O)[C@@]12F. The van der Waals surface area contributed by atoms with Crippen molar-refractivity contribution in [3.63, 3.8) is 0 Å². The number of aliphatic hydroxyl groups is 1. The quantitative estimate of drug-likeness (QED) is 0.625. The summed E-state index contributed by atoms with van der Waals surface area (Å²) < 4.78 is 32.8. The number of aliphatic hydroxyl groups excluding tert-OH is 1. The molecule has 6 rings (SSSR count). The molecule has 2 N–H and O–H groups in total. The van der Waals surface area contributed by atoms with Crippen LogP contribution in [0, 0.1) is 34.5 Å². The summed E-state index contributed by atoms with van der Waals surface area (Å²) in [7, 11) is 0. The van der Waals surface area contributed by atoms with Crippen molar-refractivity contribution in [3.05, 3.63) is 23.8 Å². The van der Waals surface area contributed by atoms with Gasteiger partial charge in [-0.25, -0.2) is 13.6 Å². The van der Waals surface area contributed by atoms with Gasteiger partial charge in [-0.15, -0.1) is 0 Å². The highest BCUT2D eigenvalue weighted by atomic mass is 19.1. The minimum atomic E-state index is -2.20. The number of allylic oxidation sites excluding steroid dienone is 4. The highest BCUT2D eigenvalue weighted by Gasteiger charge is 2.80. The number of carboxylic acids is 1. The molecule has 6 aliphatic rings. The van der Waals surface area contributed by atoms with Gasteiger partial charge in [-0.05, 0) is 68.6 Å². The highest BCUT2D eigenvalue weighted by Crippen LogP contribution is 2.72. The molecule has 0 amide bonds. The van der Waals surface area contributed by atoms with Gasteiger partial charge in [0.05, 0.1) is 6.10 Å². The number of halogens is 2. The van der Waals surface area contributed by atoms with Crippen molar-refractivity contribution in [2.75, 3.05) is 13.1 Å². The van der Waals surface area contributed by atoms with Crippen molar-refractivity contribution in [1.29, 1.82) is 0 Å². The first kappa shape index (κ1) is 23.7. The average Bonchev–Trinajstić information content (AvgIpc) is 3.48. The van der Waals surface area contributed by atoms with E-state index in [4.69, 9.17) is 4.84 Å². The number of ketones is 1. The van der Waals surface area contributed by atoms with E-state index in [1.165, 1.54) is 31.1 Å². The maximum atomic E-state index is 17.3. The molecule has 8 heteroatoms. The van der Waals surface area contributed by atoms with Crippen molar-refractivity contribution >= 4 is 11.8 Å². The molecular weight excluding hydrogens is 456 g/mol. The largest absolute Gasteiger partial charge is 0.479 e. The van der Waals surface area contributed by atoms with Crippen LogP contribution in [0.1, 0.15) is 58.8 Å². The van der Waals surface area contributed by atoms with Gasteiger partial charge < -0.3 is 10.2 Å². The number of hydrogen-bond donors (Lipinski definition) is 2. The van der Waals surface area contributed by atoms with Crippen LogP contribution in [0.2, 0.25) is 0 Å². The number of carbonyl (C=O) groups is 2. The van der Waals surface area contributed by atoms with E-state index >= 15 is 8.78 Å². The fourth-order valence-corrected chi connectivity index (χ4v) is 9.27. The van der Waals surface area contributed by atoms with Crippen LogP contribution < -0.4 is 0 Å². The summed E-state index contributed by atoms with van der Waals surface area (Å²) in [6.07, 6.45) is 5.52.